The number of para-hydroxylation sites is 1. The highest BCUT2D eigenvalue weighted by molar-refractivity contribution is 5.63. The van der Waals surface area contributed by atoms with E-state index in [9.17, 15) is 4.79 Å². The molecule has 0 N–H and O–H groups in total. The van der Waals surface area contributed by atoms with Crippen molar-refractivity contribution in [2.75, 3.05) is 0 Å². The molecule has 0 radical (unpaired) electrons. The first-order chi connectivity index (χ1) is 14.3. The third-order valence-corrected chi connectivity index (χ3v) is 5.10. The molecule has 3 aromatic carbocycles. The predicted octanol–water partition coefficient (Wildman–Crippen LogP) is 5.09. The van der Waals surface area contributed by atoms with Crippen molar-refractivity contribution in [1.29, 1.82) is 0 Å². The Hall–Kier alpha value is -3.40. The normalized spacial score (nSPS) is 10.9. The fraction of sp³-hybridized carbons (Fsp3) is 0.200. The number of aryl methyl sites for hydroxylation is 1. The quantitative estimate of drug-likeness (QED) is 0.446. The van der Waals surface area contributed by atoms with Gasteiger partial charge in [0, 0.05) is 6.42 Å². The maximum Gasteiger partial charge on any atom is 0.351 e. The zero-order valence-corrected chi connectivity index (χ0v) is 16.7. The molecule has 0 aliphatic heterocycles. The van der Waals surface area contributed by atoms with Crippen LogP contribution < -0.4 is 5.69 Å². The van der Waals surface area contributed by atoms with Crippen LogP contribution in [0.1, 0.15) is 31.2 Å². The number of unbranched alkanes of at least 4 members (excludes halogenated alkanes) is 1. The molecule has 0 atom stereocenters. The van der Waals surface area contributed by atoms with Crippen molar-refractivity contribution in [1.82, 2.24) is 14.3 Å². The Morgan fingerprint density at radius 2 is 1.41 bits per heavy atom. The summed E-state index contributed by atoms with van der Waals surface area (Å²) in [5.41, 5.74) is 4.17. The predicted molar refractivity (Wildman–Crippen MR) is 117 cm³/mol. The Balaban J connectivity index is 1.65. The molecule has 1 heterocycles. The van der Waals surface area contributed by atoms with Gasteiger partial charge >= 0.3 is 5.69 Å². The van der Waals surface area contributed by atoms with Crippen molar-refractivity contribution in [2.45, 2.75) is 32.7 Å². The summed E-state index contributed by atoms with van der Waals surface area (Å²) in [5, 5.41) is 4.65. The molecule has 0 bridgehead atoms. The van der Waals surface area contributed by atoms with E-state index in [0.717, 1.165) is 36.3 Å². The van der Waals surface area contributed by atoms with Crippen LogP contribution in [0.3, 0.4) is 0 Å². The molecule has 0 saturated carbocycles. The van der Waals surface area contributed by atoms with E-state index in [-0.39, 0.29) is 5.69 Å². The fourth-order valence-electron chi connectivity index (χ4n) is 3.47. The van der Waals surface area contributed by atoms with Crippen LogP contribution in [-0.4, -0.2) is 14.3 Å². The van der Waals surface area contributed by atoms with Crippen LogP contribution in [0.4, 0.5) is 0 Å². The minimum Gasteiger partial charge on any atom is -0.274 e. The van der Waals surface area contributed by atoms with Gasteiger partial charge in [-0.05, 0) is 35.2 Å². The number of aromatic nitrogens is 3. The summed E-state index contributed by atoms with van der Waals surface area (Å²) in [6.07, 6.45) is 2.88. The van der Waals surface area contributed by atoms with Crippen LogP contribution in [-0.2, 0) is 13.0 Å². The Morgan fingerprint density at radius 1 is 0.793 bits per heavy atom. The first-order valence-electron chi connectivity index (χ1n) is 10.1. The van der Waals surface area contributed by atoms with E-state index >= 15 is 0 Å². The molecule has 29 heavy (non-hydrogen) atoms. The Bertz CT molecular complexity index is 1110. The van der Waals surface area contributed by atoms with E-state index in [0.29, 0.717) is 6.54 Å². The lowest BCUT2D eigenvalue weighted by atomic mass is 10.0. The van der Waals surface area contributed by atoms with E-state index < -0.39 is 0 Å². The Morgan fingerprint density at radius 3 is 2.07 bits per heavy atom. The summed E-state index contributed by atoms with van der Waals surface area (Å²) < 4.78 is 3.32. The first-order valence-corrected chi connectivity index (χ1v) is 10.1. The minimum atomic E-state index is -0.0885. The molecule has 4 nitrogen and oxygen atoms in total. The molecular weight excluding hydrogens is 358 g/mol. The molecule has 4 heteroatoms. The van der Waals surface area contributed by atoms with Gasteiger partial charge in [-0.25, -0.2) is 4.79 Å². The van der Waals surface area contributed by atoms with Crippen molar-refractivity contribution in [3.63, 3.8) is 0 Å². The summed E-state index contributed by atoms with van der Waals surface area (Å²) >= 11 is 0. The summed E-state index contributed by atoms with van der Waals surface area (Å²) in [6.45, 7) is 2.68. The monoisotopic (exact) mass is 383 g/mol. The van der Waals surface area contributed by atoms with Crippen molar-refractivity contribution < 1.29 is 0 Å². The summed E-state index contributed by atoms with van der Waals surface area (Å²) in [5.74, 6) is 0.841. The second-order valence-electron chi connectivity index (χ2n) is 7.20. The van der Waals surface area contributed by atoms with E-state index in [4.69, 9.17) is 0 Å². The lowest BCUT2D eigenvalue weighted by molar-refractivity contribution is 0.666. The number of rotatable bonds is 7. The minimum absolute atomic E-state index is 0.0885. The molecule has 0 amide bonds. The highest BCUT2D eigenvalue weighted by atomic mass is 16.2. The van der Waals surface area contributed by atoms with Gasteiger partial charge in [-0.2, -0.15) is 4.68 Å². The van der Waals surface area contributed by atoms with E-state index in [2.05, 4.69) is 48.4 Å². The largest absolute Gasteiger partial charge is 0.351 e. The van der Waals surface area contributed by atoms with Gasteiger partial charge in [0.2, 0.25) is 0 Å². The van der Waals surface area contributed by atoms with E-state index in [1.165, 1.54) is 15.8 Å². The number of benzene rings is 3. The van der Waals surface area contributed by atoms with Gasteiger partial charge in [-0.3, -0.25) is 4.57 Å². The van der Waals surface area contributed by atoms with Crippen LogP contribution in [0.2, 0.25) is 0 Å². The molecule has 1 aromatic heterocycles. The zero-order valence-electron chi connectivity index (χ0n) is 16.7. The Labute approximate surface area is 171 Å². The Kier molecular flexibility index (Phi) is 5.71. The molecule has 0 aliphatic carbocycles. The fourth-order valence-corrected chi connectivity index (χ4v) is 3.47. The third-order valence-electron chi connectivity index (χ3n) is 5.10. The van der Waals surface area contributed by atoms with Crippen molar-refractivity contribution in [3.05, 3.63) is 107 Å². The van der Waals surface area contributed by atoms with Crippen LogP contribution >= 0.6 is 0 Å². The molecule has 0 aliphatic rings. The van der Waals surface area contributed by atoms with Gasteiger partial charge in [0.15, 0.2) is 0 Å². The smallest absolute Gasteiger partial charge is 0.274 e. The second kappa shape index (κ2) is 8.74. The lowest BCUT2D eigenvalue weighted by Crippen LogP contribution is -2.25. The van der Waals surface area contributed by atoms with E-state index in [1.807, 2.05) is 48.5 Å². The first kappa shape index (κ1) is 18.9. The van der Waals surface area contributed by atoms with Gasteiger partial charge in [0.25, 0.3) is 0 Å². The summed E-state index contributed by atoms with van der Waals surface area (Å²) in [6, 6.07) is 28.4. The molecule has 146 valence electrons. The molecule has 4 rings (SSSR count). The average molecular weight is 383 g/mol. The summed E-state index contributed by atoms with van der Waals surface area (Å²) in [7, 11) is 0. The highest BCUT2D eigenvalue weighted by Gasteiger charge is 2.14. The van der Waals surface area contributed by atoms with Crippen molar-refractivity contribution in [2.24, 2.45) is 0 Å². The molecule has 4 aromatic rings. The number of nitrogens with zero attached hydrogens (tertiary/aromatic N) is 3. The molecule has 0 saturated heterocycles. The second-order valence-corrected chi connectivity index (χ2v) is 7.20. The molecule has 0 unspecified atom stereocenters. The number of hydrogen-bond donors (Lipinski definition) is 0. The SMILES string of the molecule is CCCCc1nn(-c2ccccc2)c(=O)n1Cc1ccc(-c2ccccc2)cc1. The van der Waals surface area contributed by atoms with Crippen molar-refractivity contribution >= 4 is 0 Å². The molecule has 0 fully saturated rings. The maximum absolute atomic E-state index is 13.1. The van der Waals surface area contributed by atoms with Crippen LogP contribution in [0, 0.1) is 0 Å². The summed E-state index contributed by atoms with van der Waals surface area (Å²) in [4.78, 5) is 13.1. The molecule has 0 spiro atoms. The van der Waals surface area contributed by atoms with Gasteiger partial charge in [0.05, 0.1) is 12.2 Å². The van der Waals surface area contributed by atoms with Crippen LogP contribution in [0.5, 0.6) is 0 Å². The standard InChI is InChI=1S/C25H25N3O/c1-2-3-14-24-26-28(23-12-8-5-9-13-23)25(29)27(24)19-20-15-17-22(18-16-20)21-10-6-4-7-11-21/h4-13,15-18H,2-3,14,19H2,1H3. The van der Waals surface area contributed by atoms with Gasteiger partial charge < -0.3 is 0 Å². The van der Waals surface area contributed by atoms with Crippen LogP contribution in [0.15, 0.2) is 89.7 Å². The van der Waals surface area contributed by atoms with E-state index in [1.54, 1.807) is 4.57 Å². The number of hydrogen-bond acceptors (Lipinski definition) is 2. The van der Waals surface area contributed by atoms with Gasteiger partial charge in [-0.15, -0.1) is 5.10 Å². The van der Waals surface area contributed by atoms with Crippen molar-refractivity contribution in [3.8, 4) is 16.8 Å². The topological polar surface area (TPSA) is 39.8 Å². The zero-order chi connectivity index (χ0) is 20.1. The van der Waals surface area contributed by atoms with Gasteiger partial charge in [0.1, 0.15) is 5.82 Å². The average Bonchev–Trinajstić information content (AvgIpc) is 3.09. The van der Waals surface area contributed by atoms with Crippen LogP contribution in [0.25, 0.3) is 16.8 Å². The van der Waals surface area contributed by atoms with Gasteiger partial charge in [-0.1, -0.05) is 86.1 Å². The highest BCUT2D eigenvalue weighted by Crippen LogP contribution is 2.19. The maximum atomic E-state index is 13.1. The lowest BCUT2D eigenvalue weighted by Gasteiger charge is -2.07. The third kappa shape index (κ3) is 4.21. The molecular formula is C25H25N3O.